The van der Waals surface area contributed by atoms with E-state index in [4.69, 9.17) is 37.9 Å². The lowest BCUT2D eigenvalue weighted by molar-refractivity contribution is -0.383. The number of aliphatic hydroxyl groups excluding tert-OH is 12. The fraction of sp³-hybridized carbons (Fsp3) is 1.00. The Labute approximate surface area is 249 Å². The molecular formula is C24H40O20. The zero-order chi connectivity index (χ0) is 32.0. The Morgan fingerprint density at radius 2 is 0.727 bits per heavy atom. The third-order valence-electron chi connectivity index (χ3n) is 8.41. The molecule has 5 heterocycles. The first-order chi connectivity index (χ1) is 20.9. The van der Waals surface area contributed by atoms with Crippen LogP contribution in [0, 0.1) is 0 Å². The Morgan fingerprint density at radius 3 is 1.07 bits per heavy atom. The van der Waals surface area contributed by atoms with E-state index in [1.165, 1.54) is 0 Å². The molecule has 0 saturated carbocycles. The van der Waals surface area contributed by atoms with Gasteiger partial charge in [-0.2, -0.15) is 0 Å². The van der Waals surface area contributed by atoms with E-state index >= 15 is 0 Å². The summed E-state index contributed by atoms with van der Waals surface area (Å²) >= 11 is 0. The maximum atomic E-state index is 11.0. The fourth-order valence-electron chi connectivity index (χ4n) is 5.73. The van der Waals surface area contributed by atoms with Crippen molar-refractivity contribution in [3.05, 3.63) is 0 Å². The summed E-state index contributed by atoms with van der Waals surface area (Å²) in [5, 5.41) is 126. The van der Waals surface area contributed by atoms with Crippen LogP contribution in [0.2, 0.25) is 0 Å². The molecule has 256 valence electrons. The van der Waals surface area contributed by atoms with E-state index in [0.717, 1.165) is 0 Å². The van der Waals surface area contributed by atoms with Crippen molar-refractivity contribution in [2.45, 2.75) is 123 Å². The molecule has 0 aromatic carbocycles. The van der Waals surface area contributed by atoms with Crippen LogP contribution in [0.1, 0.15) is 0 Å². The van der Waals surface area contributed by atoms with Crippen molar-refractivity contribution >= 4 is 0 Å². The van der Waals surface area contributed by atoms with Crippen LogP contribution in [0.25, 0.3) is 0 Å². The first kappa shape index (κ1) is 34.5. The zero-order valence-corrected chi connectivity index (χ0v) is 23.0. The van der Waals surface area contributed by atoms with Crippen molar-refractivity contribution in [2.24, 2.45) is 0 Å². The standard InChI is InChI=1S/C24H40O20/c25-1-5-11(29)19-17(35)21(39-5)37-3-7-9(27)14(32)16(34)24(42-7)44-20-12(30)6(2-26)40-22(18(20)36)38-4-8-10(28)13(31)15(33)23(41-8)43-19/h5-36H,1-4H2/t5-,6+,7+,8-,9+,10-,11-,12+,13+,14-,15-,16+,17-,18+,19+,20-,21+,22-,23-,24+. The molecule has 12 N–H and O–H groups in total. The zero-order valence-electron chi connectivity index (χ0n) is 23.0. The fourth-order valence-corrected chi connectivity index (χ4v) is 5.73. The van der Waals surface area contributed by atoms with Crippen LogP contribution in [-0.2, 0) is 37.9 Å². The molecular weight excluding hydrogens is 608 g/mol. The lowest BCUT2D eigenvalue weighted by atomic mass is 9.96. The highest BCUT2D eigenvalue weighted by molar-refractivity contribution is 4.97. The average molecular weight is 649 g/mol. The second-order valence-electron chi connectivity index (χ2n) is 11.3. The van der Waals surface area contributed by atoms with Crippen LogP contribution in [0.3, 0.4) is 0 Å². The number of fused-ring (bicyclic) bond motifs is 8. The molecule has 5 aliphatic heterocycles. The minimum absolute atomic E-state index is 0.674. The maximum Gasteiger partial charge on any atom is 0.187 e. The van der Waals surface area contributed by atoms with Crippen LogP contribution in [-0.4, -0.2) is 211 Å². The molecule has 5 saturated heterocycles. The van der Waals surface area contributed by atoms with Gasteiger partial charge in [0.25, 0.3) is 0 Å². The predicted molar refractivity (Wildman–Crippen MR) is 131 cm³/mol. The molecule has 44 heavy (non-hydrogen) atoms. The molecule has 5 fully saturated rings. The highest BCUT2D eigenvalue weighted by Gasteiger charge is 2.54. The Bertz CT molecular complexity index is 860. The Hall–Kier alpha value is -0.800. The van der Waals surface area contributed by atoms with E-state index in [2.05, 4.69) is 0 Å². The predicted octanol–water partition coefficient (Wildman–Crippen LogP) is -8.70. The highest BCUT2D eigenvalue weighted by atomic mass is 16.8. The highest BCUT2D eigenvalue weighted by Crippen LogP contribution is 2.33. The van der Waals surface area contributed by atoms with Crippen LogP contribution >= 0.6 is 0 Å². The molecule has 5 aliphatic rings. The van der Waals surface area contributed by atoms with E-state index in [1.54, 1.807) is 0 Å². The second kappa shape index (κ2) is 14.1. The van der Waals surface area contributed by atoms with Gasteiger partial charge in [-0.25, -0.2) is 0 Å². The molecule has 5 rings (SSSR count). The first-order valence-corrected chi connectivity index (χ1v) is 14.1. The maximum absolute atomic E-state index is 11.0. The summed E-state index contributed by atoms with van der Waals surface area (Å²) in [4.78, 5) is 0. The van der Waals surface area contributed by atoms with Crippen LogP contribution in [0.5, 0.6) is 0 Å². The van der Waals surface area contributed by atoms with Crippen molar-refractivity contribution in [1.82, 2.24) is 0 Å². The quantitative estimate of drug-likeness (QED) is 0.132. The summed E-state index contributed by atoms with van der Waals surface area (Å²) in [6.45, 7) is -2.95. The van der Waals surface area contributed by atoms with E-state index in [9.17, 15) is 61.3 Å². The summed E-state index contributed by atoms with van der Waals surface area (Å²) in [5.74, 6) is 0. The van der Waals surface area contributed by atoms with Gasteiger partial charge < -0.3 is 99.2 Å². The van der Waals surface area contributed by atoms with E-state index in [0.29, 0.717) is 0 Å². The van der Waals surface area contributed by atoms with Crippen LogP contribution in [0.15, 0.2) is 0 Å². The van der Waals surface area contributed by atoms with Gasteiger partial charge in [0.2, 0.25) is 0 Å². The van der Waals surface area contributed by atoms with Gasteiger partial charge in [0.15, 0.2) is 25.2 Å². The Morgan fingerprint density at radius 1 is 0.364 bits per heavy atom. The van der Waals surface area contributed by atoms with E-state index in [1.807, 2.05) is 0 Å². The van der Waals surface area contributed by atoms with E-state index < -0.39 is 149 Å². The summed E-state index contributed by atoms with van der Waals surface area (Å²) in [7, 11) is 0. The normalized spacial score (nSPS) is 55.9. The number of aliphatic hydroxyl groups is 12. The lowest BCUT2D eigenvalue weighted by Crippen LogP contribution is -2.67. The van der Waals surface area contributed by atoms with Gasteiger partial charge in [0, 0.05) is 0 Å². The van der Waals surface area contributed by atoms with Gasteiger partial charge in [-0.05, 0) is 0 Å². The van der Waals surface area contributed by atoms with Gasteiger partial charge in [-0.3, -0.25) is 0 Å². The SMILES string of the molecule is OC[C@@H]1O[C@H]2OC[C@H]3O[C@H](O[C@@H]4[C@@H](O)[C@@H](OC[C@@H]5O[C@@H](O[C@@H]([C@@H]2O)[C@H]1O)[C@@H](O)[C@H](O)[C@H]5O)O[C@H](CO)[C@H]4O)[C@H](O)[C@@H](O)[C@@H]3O. The molecule has 0 unspecified atom stereocenters. The molecule has 0 amide bonds. The summed E-state index contributed by atoms with van der Waals surface area (Å²) in [5.41, 5.74) is 0. The van der Waals surface area contributed by atoms with Gasteiger partial charge in [-0.1, -0.05) is 0 Å². The minimum Gasteiger partial charge on any atom is -0.394 e. The topological polar surface area (TPSA) is 317 Å². The molecule has 20 atom stereocenters. The molecule has 0 spiro atoms. The Kier molecular flexibility index (Phi) is 11.1. The third kappa shape index (κ3) is 6.50. The van der Waals surface area contributed by atoms with E-state index in [-0.39, 0.29) is 0 Å². The van der Waals surface area contributed by atoms with Crippen LogP contribution < -0.4 is 0 Å². The monoisotopic (exact) mass is 648 g/mol. The summed E-state index contributed by atoms with van der Waals surface area (Å²) < 4.78 is 44.3. The van der Waals surface area contributed by atoms with Crippen molar-refractivity contribution < 1.29 is 99.2 Å². The van der Waals surface area contributed by atoms with Gasteiger partial charge in [0.1, 0.15) is 97.7 Å². The van der Waals surface area contributed by atoms with Crippen molar-refractivity contribution in [2.75, 3.05) is 26.4 Å². The van der Waals surface area contributed by atoms with Gasteiger partial charge in [0.05, 0.1) is 26.4 Å². The van der Waals surface area contributed by atoms with Crippen molar-refractivity contribution in [3.63, 3.8) is 0 Å². The Balaban J connectivity index is 1.47. The molecule has 0 aliphatic carbocycles. The number of ether oxygens (including phenoxy) is 8. The lowest BCUT2D eigenvalue weighted by Gasteiger charge is -2.48. The number of hydrogen-bond donors (Lipinski definition) is 12. The molecule has 20 nitrogen and oxygen atoms in total. The molecule has 0 aromatic rings. The first-order valence-electron chi connectivity index (χ1n) is 14.1. The second-order valence-corrected chi connectivity index (χ2v) is 11.3. The minimum atomic E-state index is -1.93. The summed E-state index contributed by atoms with van der Waals surface area (Å²) in [6.07, 6.45) is -34.8. The van der Waals surface area contributed by atoms with Gasteiger partial charge in [-0.15, -0.1) is 0 Å². The number of rotatable bonds is 2. The summed E-state index contributed by atoms with van der Waals surface area (Å²) in [6, 6.07) is 0. The molecule has 0 aromatic heterocycles. The van der Waals surface area contributed by atoms with Crippen molar-refractivity contribution in [3.8, 4) is 0 Å². The van der Waals surface area contributed by atoms with Crippen LogP contribution in [0.4, 0.5) is 0 Å². The number of hydrogen-bond acceptors (Lipinski definition) is 20. The molecule has 8 bridgehead atoms. The molecule has 20 heteroatoms. The average Bonchev–Trinajstić information content (AvgIpc) is 3.01. The van der Waals surface area contributed by atoms with Crippen molar-refractivity contribution in [1.29, 1.82) is 0 Å². The third-order valence-corrected chi connectivity index (χ3v) is 8.41. The smallest absolute Gasteiger partial charge is 0.187 e. The molecule has 0 radical (unpaired) electrons. The largest absolute Gasteiger partial charge is 0.394 e. The van der Waals surface area contributed by atoms with Gasteiger partial charge >= 0.3 is 0 Å².